The van der Waals surface area contributed by atoms with Crippen LogP contribution in [0.5, 0.6) is 5.75 Å². The summed E-state index contributed by atoms with van der Waals surface area (Å²) in [6.45, 7) is 3.12. The Kier molecular flexibility index (Phi) is 5.46. The molecule has 0 saturated carbocycles. The zero-order valence-electron chi connectivity index (χ0n) is 17.3. The molecule has 2 saturated heterocycles. The van der Waals surface area contributed by atoms with Gasteiger partial charge in [0.15, 0.2) is 0 Å². The summed E-state index contributed by atoms with van der Waals surface area (Å²) in [6, 6.07) is 9.19. The first kappa shape index (κ1) is 19.8. The zero-order chi connectivity index (χ0) is 21.2. The number of pyridine rings is 1. The van der Waals surface area contributed by atoms with E-state index in [0.29, 0.717) is 38.5 Å². The van der Waals surface area contributed by atoms with Crippen LogP contribution in [0.15, 0.2) is 42.7 Å². The van der Waals surface area contributed by atoms with Crippen LogP contribution in [-0.2, 0) is 22.6 Å². The van der Waals surface area contributed by atoms with E-state index in [1.165, 1.54) is 0 Å². The third-order valence-electron chi connectivity index (χ3n) is 6.08. The van der Waals surface area contributed by atoms with Gasteiger partial charge in [0.1, 0.15) is 18.0 Å². The van der Waals surface area contributed by atoms with Gasteiger partial charge >= 0.3 is 6.03 Å². The minimum absolute atomic E-state index is 0.0255. The standard InChI is InChI=1S/C23H26N4O4/c28-22(21-2-1-11-30-21)26-10-8-20(15-26)31-19-5-3-18(4-6-19)25-23(29)27-13-16-7-9-24-12-17(16)14-27/h3-7,9,12,20-21H,1-2,8,10-11,13-15H2,(H,25,29)/t20-,21-/m0/s1. The number of fused-ring (bicyclic) bond motifs is 1. The van der Waals surface area contributed by atoms with Gasteiger partial charge < -0.3 is 24.6 Å². The van der Waals surface area contributed by atoms with Crippen molar-refractivity contribution in [1.82, 2.24) is 14.8 Å². The number of nitrogens with one attached hydrogen (secondary N) is 1. The van der Waals surface area contributed by atoms with Gasteiger partial charge in [0, 0.05) is 50.7 Å². The van der Waals surface area contributed by atoms with Crippen LogP contribution in [-0.4, -0.2) is 58.6 Å². The first-order valence-corrected chi connectivity index (χ1v) is 10.8. The van der Waals surface area contributed by atoms with Crippen molar-refractivity contribution in [1.29, 1.82) is 0 Å². The highest BCUT2D eigenvalue weighted by atomic mass is 16.5. The lowest BCUT2D eigenvalue weighted by atomic mass is 10.2. The number of ether oxygens (including phenoxy) is 2. The van der Waals surface area contributed by atoms with Gasteiger partial charge in [-0.25, -0.2) is 4.79 Å². The molecule has 1 N–H and O–H groups in total. The molecule has 2 fully saturated rings. The third kappa shape index (κ3) is 4.34. The van der Waals surface area contributed by atoms with Crippen LogP contribution in [0.1, 0.15) is 30.4 Å². The predicted molar refractivity (Wildman–Crippen MR) is 114 cm³/mol. The summed E-state index contributed by atoms with van der Waals surface area (Å²) in [5.41, 5.74) is 2.94. The smallest absolute Gasteiger partial charge is 0.322 e. The van der Waals surface area contributed by atoms with E-state index in [1.54, 1.807) is 11.1 Å². The van der Waals surface area contributed by atoms with E-state index in [4.69, 9.17) is 9.47 Å². The molecule has 0 spiro atoms. The molecule has 8 nitrogen and oxygen atoms in total. The number of nitrogens with zero attached hydrogens (tertiary/aromatic N) is 3. The molecule has 0 unspecified atom stereocenters. The van der Waals surface area contributed by atoms with E-state index < -0.39 is 0 Å². The number of anilines is 1. The molecule has 8 heteroatoms. The number of benzene rings is 1. The Labute approximate surface area is 181 Å². The fraction of sp³-hybridized carbons (Fsp3) is 0.435. The number of carbonyl (C=O) groups is 2. The zero-order valence-corrected chi connectivity index (χ0v) is 17.3. The lowest BCUT2D eigenvalue weighted by molar-refractivity contribution is -0.140. The predicted octanol–water partition coefficient (Wildman–Crippen LogP) is 2.79. The average Bonchev–Trinajstić information content (AvgIpc) is 3.55. The Morgan fingerprint density at radius 2 is 1.90 bits per heavy atom. The molecule has 2 atom stereocenters. The number of amides is 3. The average molecular weight is 422 g/mol. The van der Waals surface area contributed by atoms with Crippen LogP contribution in [0, 0.1) is 0 Å². The number of aromatic nitrogens is 1. The van der Waals surface area contributed by atoms with Gasteiger partial charge in [-0.3, -0.25) is 9.78 Å². The maximum Gasteiger partial charge on any atom is 0.322 e. The molecule has 3 aliphatic rings. The molecule has 1 aromatic carbocycles. The van der Waals surface area contributed by atoms with Crippen molar-refractivity contribution in [3.05, 3.63) is 53.9 Å². The van der Waals surface area contributed by atoms with E-state index in [9.17, 15) is 9.59 Å². The Bertz CT molecular complexity index is 933. The molecule has 0 aliphatic carbocycles. The number of carbonyl (C=O) groups excluding carboxylic acids is 2. The highest BCUT2D eigenvalue weighted by Crippen LogP contribution is 2.25. The Hall–Kier alpha value is -3.13. The number of likely N-dealkylation sites (tertiary alicyclic amines) is 1. The van der Waals surface area contributed by atoms with Gasteiger partial charge in [-0.2, -0.15) is 0 Å². The summed E-state index contributed by atoms with van der Waals surface area (Å²) in [5, 5.41) is 2.94. The molecule has 0 bridgehead atoms. The normalized spacial score (nSPS) is 22.5. The Balaban J connectivity index is 1.11. The van der Waals surface area contributed by atoms with Crippen molar-refractivity contribution in [2.75, 3.05) is 25.0 Å². The van der Waals surface area contributed by atoms with E-state index in [-0.39, 0.29) is 24.1 Å². The fourth-order valence-corrected chi connectivity index (χ4v) is 4.38. The second-order valence-electron chi connectivity index (χ2n) is 8.27. The minimum Gasteiger partial charge on any atom is -0.489 e. The van der Waals surface area contributed by atoms with Crippen molar-refractivity contribution in [3.8, 4) is 5.75 Å². The topological polar surface area (TPSA) is 84.0 Å². The van der Waals surface area contributed by atoms with Crippen molar-refractivity contribution in [3.63, 3.8) is 0 Å². The van der Waals surface area contributed by atoms with Gasteiger partial charge in [0.05, 0.1) is 6.54 Å². The van der Waals surface area contributed by atoms with Crippen LogP contribution in [0.2, 0.25) is 0 Å². The molecular formula is C23H26N4O4. The number of hydrogen-bond acceptors (Lipinski definition) is 5. The van der Waals surface area contributed by atoms with Gasteiger partial charge in [0.2, 0.25) is 0 Å². The molecule has 3 aliphatic heterocycles. The summed E-state index contributed by atoms with van der Waals surface area (Å²) in [5.74, 6) is 0.815. The molecule has 2 aromatic rings. The molecular weight excluding hydrogens is 396 g/mol. The maximum absolute atomic E-state index is 12.6. The van der Waals surface area contributed by atoms with Crippen LogP contribution >= 0.6 is 0 Å². The van der Waals surface area contributed by atoms with E-state index in [0.717, 1.165) is 36.1 Å². The van der Waals surface area contributed by atoms with Crippen LogP contribution in [0.25, 0.3) is 0 Å². The maximum atomic E-state index is 12.6. The van der Waals surface area contributed by atoms with Crippen molar-refractivity contribution in [2.24, 2.45) is 0 Å². The summed E-state index contributed by atoms with van der Waals surface area (Å²) in [7, 11) is 0. The van der Waals surface area contributed by atoms with Gasteiger partial charge in [-0.15, -0.1) is 0 Å². The van der Waals surface area contributed by atoms with Crippen LogP contribution in [0.3, 0.4) is 0 Å². The second-order valence-corrected chi connectivity index (χ2v) is 8.27. The molecule has 0 radical (unpaired) electrons. The highest BCUT2D eigenvalue weighted by Gasteiger charge is 2.33. The van der Waals surface area contributed by atoms with E-state index >= 15 is 0 Å². The molecule has 3 amide bonds. The van der Waals surface area contributed by atoms with Crippen molar-refractivity contribution >= 4 is 17.6 Å². The minimum atomic E-state index is -0.277. The monoisotopic (exact) mass is 422 g/mol. The summed E-state index contributed by atoms with van der Waals surface area (Å²) >= 11 is 0. The molecule has 4 heterocycles. The molecule has 162 valence electrons. The summed E-state index contributed by atoms with van der Waals surface area (Å²) < 4.78 is 11.6. The first-order valence-electron chi connectivity index (χ1n) is 10.8. The number of urea groups is 1. The van der Waals surface area contributed by atoms with Gasteiger partial charge in [-0.05, 0) is 54.3 Å². The molecule has 31 heavy (non-hydrogen) atoms. The lowest BCUT2D eigenvalue weighted by Crippen LogP contribution is -2.38. The fourth-order valence-electron chi connectivity index (χ4n) is 4.38. The summed E-state index contributed by atoms with van der Waals surface area (Å²) in [6.07, 6.45) is 5.84. The Morgan fingerprint density at radius 3 is 2.68 bits per heavy atom. The van der Waals surface area contributed by atoms with E-state index in [2.05, 4.69) is 10.3 Å². The molecule has 1 aromatic heterocycles. The van der Waals surface area contributed by atoms with Crippen LogP contribution < -0.4 is 10.1 Å². The number of hydrogen-bond donors (Lipinski definition) is 1. The van der Waals surface area contributed by atoms with Gasteiger partial charge in [-0.1, -0.05) is 0 Å². The SMILES string of the molecule is O=C(Nc1ccc(O[C@H]2CCN(C(=O)[C@@H]3CCCO3)C2)cc1)N1Cc2ccncc2C1. The third-order valence-corrected chi connectivity index (χ3v) is 6.08. The van der Waals surface area contributed by atoms with E-state index in [1.807, 2.05) is 41.4 Å². The number of rotatable bonds is 4. The summed E-state index contributed by atoms with van der Waals surface area (Å²) in [4.78, 5) is 32.8. The lowest BCUT2D eigenvalue weighted by Gasteiger charge is -2.20. The largest absolute Gasteiger partial charge is 0.489 e. The first-order chi connectivity index (χ1) is 15.2. The van der Waals surface area contributed by atoms with Crippen molar-refractivity contribution in [2.45, 2.75) is 44.6 Å². The Morgan fingerprint density at radius 1 is 1.06 bits per heavy atom. The second kappa shape index (κ2) is 8.55. The highest BCUT2D eigenvalue weighted by molar-refractivity contribution is 5.89. The van der Waals surface area contributed by atoms with Gasteiger partial charge in [0.25, 0.3) is 5.91 Å². The van der Waals surface area contributed by atoms with Crippen molar-refractivity contribution < 1.29 is 19.1 Å². The van der Waals surface area contributed by atoms with Crippen LogP contribution in [0.4, 0.5) is 10.5 Å². The quantitative estimate of drug-likeness (QED) is 0.819. The molecule has 5 rings (SSSR count).